The molecule has 3 rings (SSSR count). The molecule has 7 nitrogen and oxygen atoms in total. The monoisotopic (exact) mass is 315 g/mol. The smallest absolute Gasteiger partial charge is 0.242 e. The van der Waals surface area contributed by atoms with Crippen molar-refractivity contribution in [1.29, 1.82) is 0 Å². The van der Waals surface area contributed by atoms with Gasteiger partial charge in [-0.05, 0) is 5.56 Å². The molecule has 0 spiro atoms. The van der Waals surface area contributed by atoms with E-state index in [-0.39, 0.29) is 18.5 Å². The largest absolute Gasteiger partial charge is 0.379 e. The lowest BCUT2D eigenvalue weighted by atomic mass is 10.1. The van der Waals surface area contributed by atoms with Gasteiger partial charge in [-0.15, -0.1) is 0 Å². The van der Waals surface area contributed by atoms with Gasteiger partial charge in [0.2, 0.25) is 5.91 Å². The normalized spacial score (nSPS) is 16.9. The summed E-state index contributed by atoms with van der Waals surface area (Å²) in [6.45, 7) is 4.22. The van der Waals surface area contributed by atoms with E-state index in [4.69, 9.17) is 4.74 Å². The molecule has 1 saturated heterocycles. The molecule has 1 N–H and O–H groups in total. The summed E-state index contributed by atoms with van der Waals surface area (Å²) in [5.41, 5.74) is 1.10. The van der Waals surface area contributed by atoms with Gasteiger partial charge in [0.05, 0.1) is 19.3 Å². The average Bonchev–Trinajstić information content (AvgIpc) is 3.09. The fraction of sp³-hybridized carbons (Fsp3) is 0.438. The van der Waals surface area contributed by atoms with Crippen LogP contribution in [0.15, 0.2) is 43.0 Å². The van der Waals surface area contributed by atoms with E-state index in [9.17, 15) is 4.79 Å². The Kier molecular flexibility index (Phi) is 5.33. The Bertz CT molecular complexity index is 596. The summed E-state index contributed by atoms with van der Waals surface area (Å²) in [5.74, 6) is -0.0717. The number of morpholine rings is 1. The SMILES string of the molecule is O=C(Cn1cncn1)NC(CN1CCOCC1)c1ccccc1. The van der Waals surface area contributed by atoms with Gasteiger partial charge in [-0.1, -0.05) is 30.3 Å². The van der Waals surface area contributed by atoms with Gasteiger partial charge >= 0.3 is 0 Å². The van der Waals surface area contributed by atoms with Gasteiger partial charge in [-0.25, -0.2) is 9.67 Å². The summed E-state index contributed by atoms with van der Waals surface area (Å²) in [7, 11) is 0. The lowest BCUT2D eigenvalue weighted by Crippen LogP contribution is -2.43. The number of rotatable bonds is 6. The zero-order valence-electron chi connectivity index (χ0n) is 13.0. The van der Waals surface area contributed by atoms with Crippen LogP contribution in [-0.2, 0) is 16.1 Å². The Morgan fingerprint density at radius 2 is 2.04 bits per heavy atom. The number of nitrogens with one attached hydrogen (secondary N) is 1. The summed E-state index contributed by atoms with van der Waals surface area (Å²) in [6, 6.07) is 10.00. The molecular weight excluding hydrogens is 294 g/mol. The lowest BCUT2D eigenvalue weighted by Gasteiger charge is -2.31. The third-order valence-corrected chi connectivity index (χ3v) is 3.85. The van der Waals surface area contributed by atoms with Gasteiger partial charge in [-0.3, -0.25) is 9.69 Å². The van der Waals surface area contributed by atoms with E-state index in [1.54, 1.807) is 6.33 Å². The Balaban J connectivity index is 1.65. The first kappa shape index (κ1) is 15.6. The summed E-state index contributed by atoms with van der Waals surface area (Å²) >= 11 is 0. The lowest BCUT2D eigenvalue weighted by molar-refractivity contribution is -0.122. The zero-order valence-corrected chi connectivity index (χ0v) is 13.0. The zero-order chi connectivity index (χ0) is 15.9. The van der Waals surface area contributed by atoms with Crippen LogP contribution in [0.25, 0.3) is 0 Å². The molecule has 0 radical (unpaired) electrons. The van der Waals surface area contributed by atoms with Crippen molar-refractivity contribution in [2.24, 2.45) is 0 Å². The topological polar surface area (TPSA) is 72.3 Å². The van der Waals surface area contributed by atoms with E-state index in [2.05, 4.69) is 20.3 Å². The highest BCUT2D eigenvalue weighted by molar-refractivity contribution is 5.76. The van der Waals surface area contributed by atoms with Crippen LogP contribution < -0.4 is 5.32 Å². The standard InChI is InChI=1S/C16H21N5O2/c22-16(11-21-13-17-12-18-21)19-15(14-4-2-1-3-5-14)10-20-6-8-23-9-7-20/h1-5,12-13,15H,6-11H2,(H,19,22). The predicted molar refractivity (Wildman–Crippen MR) is 84.6 cm³/mol. The predicted octanol–water partition coefficient (Wildman–Crippen LogP) is 0.468. The summed E-state index contributed by atoms with van der Waals surface area (Å²) in [6.07, 6.45) is 2.97. The quantitative estimate of drug-likeness (QED) is 0.839. The number of ether oxygens (including phenoxy) is 1. The van der Waals surface area contributed by atoms with Crippen LogP contribution in [0.1, 0.15) is 11.6 Å². The fourth-order valence-corrected chi connectivity index (χ4v) is 2.66. The van der Waals surface area contributed by atoms with E-state index >= 15 is 0 Å². The average molecular weight is 315 g/mol. The number of hydrogen-bond acceptors (Lipinski definition) is 5. The molecule has 1 aromatic carbocycles. The van der Waals surface area contributed by atoms with Crippen LogP contribution >= 0.6 is 0 Å². The van der Waals surface area contributed by atoms with Crippen molar-refractivity contribution in [3.05, 3.63) is 48.5 Å². The Hall–Kier alpha value is -2.25. The first-order valence-electron chi connectivity index (χ1n) is 7.78. The summed E-state index contributed by atoms with van der Waals surface area (Å²) in [4.78, 5) is 18.5. The molecule has 0 saturated carbocycles. The van der Waals surface area contributed by atoms with E-state index < -0.39 is 0 Å². The van der Waals surface area contributed by atoms with Crippen LogP contribution in [-0.4, -0.2) is 58.4 Å². The van der Waals surface area contributed by atoms with Crippen molar-refractivity contribution in [2.45, 2.75) is 12.6 Å². The maximum Gasteiger partial charge on any atom is 0.242 e. The van der Waals surface area contributed by atoms with Gasteiger partial charge in [0.15, 0.2) is 0 Å². The molecule has 0 aliphatic carbocycles. The van der Waals surface area contributed by atoms with Crippen LogP contribution in [0.4, 0.5) is 0 Å². The molecule has 1 amide bonds. The van der Waals surface area contributed by atoms with Crippen molar-refractivity contribution >= 4 is 5.91 Å². The minimum absolute atomic E-state index is 0.0506. The van der Waals surface area contributed by atoms with Gasteiger partial charge in [0.1, 0.15) is 19.2 Å². The van der Waals surface area contributed by atoms with Gasteiger partial charge in [0.25, 0.3) is 0 Å². The molecule has 1 atom stereocenters. The molecule has 1 aromatic heterocycles. The van der Waals surface area contributed by atoms with Crippen LogP contribution in [0.3, 0.4) is 0 Å². The second-order valence-electron chi connectivity index (χ2n) is 5.54. The van der Waals surface area contributed by atoms with E-state index in [1.807, 2.05) is 30.3 Å². The number of amides is 1. The molecule has 1 aliphatic heterocycles. The van der Waals surface area contributed by atoms with Crippen molar-refractivity contribution < 1.29 is 9.53 Å². The molecule has 2 heterocycles. The van der Waals surface area contributed by atoms with Crippen LogP contribution in [0.5, 0.6) is 0 Å². The minimum Gasteiger partial charge on any atom is -0.379 e. The number of hydrogen-bond donors (Lipinski definition) is 1. The van der Waals surface area contributed by atoms with Crippen molar-refractivity contribution in [2.75, 3.05) is 32.8 Å². The molecule has 0 bridgehead atoms. The highest BCUT2D eigenvalue weighted by Gasteiger charge is 2.20. The van der Waals surface area contributed by atoms with E-state index in [1.165, 1.54) is 11.0 Å². The van der Waals surface area contributed by atoms with E-state index in [0.717, 1.165) is 38.4 Å². The number of nitrogens with zero attached hydrogens (tertiary/aromatic N) is 4. The molecule has 23 heavy (non-hydrogen) atoms. The number of aromatic nitrogens is 3. The Labute approximate surface area is 135 Å². The molecule has 1 aliphatic rings. The number of carbonyl (C=O) groups excluding carboxylic acids is 1. The number of benzene rings is 1. The van der Waals surface area contributed by atoms with Crippen LogP contribution in [0.2, 0.25) is 0 Å². The first-order valence-corrected chi connectivity index (χ1v) is 7.78. The minimum atomic E-state index is -0.0717. The van der Waals surface area contributed by atoms with Gasteiger partial charge < -0.3 is 10.1 Å². The van der Waals surface area contributed by atoms with Gasteiger partial charge in [0, 0.05) is 19.6 Å². The summed E-state index contributed by atoms with van der Waals surface area (Å²) in [5, 5.41) is 7.08. The van der Waals surface area contributed by atoms with E-state index in [0.29, 0.717) is 0 Å². The third kappa shape index (κ3) is 4.61. The second-order valence-corrected chi connectivity index (χ2v) is 5.54. The second kappa shape index (κ2) is 7.85. The third-order valence-electron chi connectivity index (χ3n) is 3.85. The molecule has 122 valence electrons. The first-order chi connectivity index (χ1) is 11.3. The van der Waals surface area contributed by atoms with Crippen molar-refractivity contribution in [3.63, 3.8) is 0 Å². The Morgan fingerprint density at radius 3 is 2.74 bits per heavy atom. The maximum atomic E-state index is 12.3. The molecule has 1 unspecified atom stereocenters. The maximum absolute atomic E-state index is 12.3. The van der Waals surface area contributed by atoms with Crippen LogP contribution in [0, 0.1) is 0 Å². The number of carbonyl (C=O) groups is 1. The van der Waals surface area contributed by atoms with Crippen molar-refractivity contribution in [1.82, 2.24) is 25.0 Å². The fourth-order valence-electron chi connectivity index (χ4n) is 2.66. The molecule has 2 aromatic rings. The molecule has 7 heteroatoms. The molecular formula is C16H21N5O2. The highest BCUT2D eigenvalue weighted by Crippen LogP contribution is 2.15. The Morgan fingerprint density at radius 1 is 1.26 bits per heavy atom. The highest BCUT2D eigenvalue weighted by atomic mass is 16.5. The molecule has 1 fully saturated rings. The summed E-state index contributed by atoms with van der Waals surface area (Å²) < 4.78 is 6.91. The van der Waals surface area contributed by atoms with Gasteiger partial charge in [-0.2, -0.15) is 5.10 Å². The van der Waals surface area contributed by atoms with Crippen molar-refractivity contribution in [3.8, 4) is 0 Å².